The van der Waals surface area contributed by atoms with Crippen molar-refractivity contribution in [1.82, 2.24) is 5.32 Å². The first-order valence-corrected chi connectivity index (χ1v) is 11.1. The first kappa shape index (κ1) is 21.1. The lowest BCUT2D eigenvalue weighted by atomic mass is 9.78. The number of anilines is 1. The molecule has 1 aliphatic carbocycles. The molecule has 2 aromatic carbocycles. The fourth-order valence-electron chi connectivity index (χ4n) is 4.94. The number of fused-ring (bicyclic) bond motifs is 1. The molecule has 1 aliphatic heterocycles. The maximum absolute atomic E-state index is 14.4. The fraction of sp³-hybridized carbons (Fsp3) is 0.400. The Bertz CT molecular complexity index is 1010. The summed E-state index contributed by atoms with van der Waals surface area (Å²) >= 11 is 0. The van der Waals surface area contributed by atoms with E-state index in [1.54, 1.807) is 18.9 Å². The second-order valence-corrected chi connectivity index (χ2v) is 8.39. The number of benzodiazepines with no additional fused rings is 1. The smallest absolute Gasteiger partial charge is 0.331 e. The number of amides is 2. The summed E-state index contributed by atoms with van der Waals surface area (Å²) < 4.78 is 0.816. The zero-order valence-electron chi connectivity index (χ0n) is 18.1. The van der Waals surface area contributed by atoms with Gasteiger partial charge in [0.25, 0.3) is 0 Å². The molecule has 2 aliphatic rings. The molecule has 0 radical (unpaired) electrons. The van der Waals surface area contributed by atoms with Gasteiger partial charge in [-0.2, -0.15) is 4.74 Å². The van der Waals surface area contributed by atoms with E-state index < -0.39 is 5.66 Å². The van der Waals surface area contributed by atoms with Crippen LogP contribution in [0.2, 0.25) is 0 Å². The van der Waals surface area contributed by atoms with Crippen LogP contribution in [-0.4, -0.2) is 35.0 Å². The maximum Gasteiger partial charge on any atom is 0.331 e. The predicted octanol–water partition coefficient (Wildman–Crippen LogP) is 3.81. The van der Waals surface area contributed by atoms with E-state index in [2.05, 4.69) is 5.32 Å². The third-order valence-electron chi connectivity index (χ3n) is 6.57. The van der Waals surface area contributed by atoms with Gasteiger partial charge in [0.15, 0.2) is 0 Å². The van der Waals surface area contributed by atoms with Crippen LogP contribution >= 0.6 is 0 Å². The largest absolute Gasteiger partial charge is 0.621 e. The molecule has 1 N–H and O–H groups in total. The average molecular weight is 420 g/mol. The Morgan fingerprint density at radius 3 is 2.42 bits per heavy atom. The standard InChI is InChI=1S/C25H29N3O3/c1-3-22(29)26-25(19-14-8-5-9-15-19)24(30)27(2)21-17-11-10-16-20(21)23(28(25)31)18-12-6-4-7-13-18/h4,6-7,10-13,16-17,19H,3,5,8-9,14-15H2,1-2H3,(H,26,29)/t25-/m1/s1. The van der Waals surface area contributed by atoms with Crippen molar-refractivity contribution in [2.45, 2.75) is 51.1 Å². The van der Waals surface area contributed by atoms with Crippen LogP contribution in [0.3, 0.4) is 0 Å². The maximum atomic E-state index is 14.4. The van der Waals surface area contributed by atoms with E-state index in [0.717, 1.165) is 42.4 Å². The number of carbonyl (C=O) groups excluding carboxylic acids is 2. The molecule has 0 aromatic heterocycles. The van der Waals surface area contributed by atoms with Gasteiger partial charge in [-0.05, 0) is 37.1 Å². The lowest BCUT2D eigenvalue weighted by Gasteiger charge is -2.40. The van der Waals surface area contributed by atoms with Crippen LogP contribution in [0, 0.1) is 11.1 Å². The van der Waals surface area contributed by atoms with Crippen molar-refractivity contribution in [3.05, 3.63) is 70.9 Å². The number of carbonyl (C=O) groups is 2. The highest BCUT2D eigenvalue weighted by atomic mass is 16.5. The second kappa shape index (κ2) is 8.53. The molecule has 31 heavy (non-hydrogen) atoms. The van der Waals surface area contributed by atoms with E-state index in [9.17, 15) is 14.8 Å². The van der Waals surface area contributed by atoms with Gasteiger partial charge in [0.1, 0.15) is 0 Å². The Labute approximate surface area is 183 Å². The first-order valence-electron chi connectivity index (χ1n) is 11.1. The molecule has 0 spiro atoms. The third-order valence-corrected chi connectivity index (χ3v) is 6.57. The fourth-order valence-corrected chi connectivity index (χ4v) is 4.94. The van der Waals surface area contributed by atoms with Gasteiger partial charge < -0.3 is 10.1 Å². The van der Waals surface area contributed by atoms with Crippen molar-refractivity contribution in [2.75, 3.05) is 11.9 Å². The van der Waals surface area contributed by atoms with E-state index in [1.165, 1.54) is 0 Å². The topological polar surface area (TPSA) is 75.5 Å². The molecule has 0 unspecified atom stereocenters. The van der Waals surface area contributed by atoms with E-state index in [1.807, 2.05) is 54.6 Å². The van der Waals surface area contributed by atoms with Crippen molar-refractivity contribution in [3.8, 4) is 0 Å². The first-order chi connectivity index (χ1) is 15.0. The molecule has 4 rings (SSSR count). The van der Waals surface area contributed by atoms with Crippen LogP contribution in [-0.2, 0) is 9.59 Å². The van der Waals surface area contributed by atoms with E-state index in [4.69, 9.17) is 0 Å². The van der Waals surface area contributed by atoms with Crippen LogP contribution in [0.25, 0.3) is 0 Å². The molecule has 6 nitrogen and oxygen atoms in total. The van der Waals surface area contributed by atoms with Gasteiger partial charge in [-0.1, -0.05) is 56.5 Å². The Kier molecular flexibility index (Phi) is 5.81. The SMILES string of the molecule is CCC(=O)N[C@@]1(C2CCCCC2)C(=O)N(C)c2ccccc2C(c2ccccc2)=[N+]1[O-]. The molecule has 2 amide bonds. The minimum atomic E-state index is -1.67. The number of hydroxylamine groups is 1. The summed E-state index contributed by atoms with van der Waals surface area (Å²) in [6.07, 6.45) is 4.60. The summed E-state index contributed by atoms with van der Waals surface area (Å²) in [5.41, 5.74) is 0.806. The summed E-state index contributed by atoms with van der Waals surface area (Å²) in [6, 6.07) is 16.8. The van der Waals surface area contributed by atoms with Gasteiger partial charge in [0.2, 0.25) is 11.6 Å². The minimum absolute atomic E-state index is 0.201. The zero-order chi connectivity index (χ0) is 22.0. The average Bonchev–Trinajstić information content (AvgIpc) is 2.89. The van der Waals surface area contributed by atoms with Gasteiger partial charge in [0.05, 0.1) is 17.2 Å². The highest BCUT2D eigenvalue weighted by molar-refractivity contribution is 6.17. The summed E-state index contributed by atoms with van der Waals surface area (Å²) in [5, 5.41) is 17.3. The van der Waals surface area contributed by atoms with Crippen LogP contribution in [0.15, 0.2) is 54.6 Å². The number of benzene rings is 2. The molecule has 6 heteroatoms. The van der Waals surface area contributed by atoms with Crippen LogP contribution < -0.4 is 10.2 Å². The molecule has 1 fully saturated rings. The normalized spacial score (nSPS) is 22.1. The Morgan fingerprint density at radius 2 is 1.74 bits per heavy atom. The van der Waals surface area contributed by atoms with Crippen molar-refractivity contribution < 1.29 is 14.3 Å². The monoisotopic (exact) mass is 419 g/mol. The molecule has 0 saturated heterocycles. The number of hydrogen-bond donors (Lipinski definition) is 1. The quantitative estimate of drug-likeness (QED) is 0.605. The van der Waals surface area contributed by atoms with Crippen molar-refractivity contribution in [1.29, 1.82) is 0 Å². The third kappa shape index (κ3) is 3.50. The molecule has 162 valence electrons. The van der Waals surface area contributed by atoms with Gasteiger partial charge in [0, 0.05) is 19.0 Å². The number of nitrogens with one attached hydrogen (secondary N) is 1. The molecular formula is C25H29N3O3. The van der Waals surface area contributed by atoms with Crippen molar-refractivity contribution in [3.63, 3.8) is 0 Å². The van der Waals surface area contributed by atoms with E-state index in [-0.39, 0.29) is 24.2 Å². The van der Waals surface area contributed by atoms with Crippen molar-refractivity contribution >= 4 is 23.2 Å². The second-order valence-electron chi connectivity index (χ2n) is 8.39. The van der Waals surface area contributed by atoms with Crippen molar-refractivity contribution in [2.24, 2.45) is 5.92 Å². The van der Waals surface area contributed by atoms with Crippen LogP contribution in [0.5, 0.6) is 0 Å². The summed E-state index contributed by atoms with van der Waals surface area (Å²) in [5.74, 6) is -0.946. The molecule has 1 heterocycles. The lowest BCUT2D eigenvalue weighted by Crippen LogP contribution is -2.68. The Balaban J connectivity index is 2.05. The number of hydrogen-bond acceptors (Lipinski definition) is 3. The summed E-state index contributed by atoms with van der Waals surface area (Å²) in [7, 11) is 1.69. The predicted molar refractivity (Wildman–Crippen MR) is 121 cm³/mol. The number of nitrogens with zero attached hydrogens (tertiary/aromatic N) is 2. The molecule has 1 atom stereocenters. The number of rotatable bonds is 4. The summed E-state index contributed by atoms with van der Waals surface area (Å²) in [4.78, 5) is 28.3. The van der Waals surface area contributed by atoms with Gasteiger partial charge in [-0.15, -0.1) is 0 Å². The number of likely N-dealkylation sites (N-methyl/N-ethyl adjacent to an activating group) is 1. The van der Waals surface area contributed by atoms with Gasteiger partial charge in [-0.25, -0.2) is 0 Å². The highest BCUT2D eigenvalue weighted by Crippen LogP contribution is 2.39. The Hall–Kier alpha value is -3.15. The zero-order valence-corrected chi connectivity index (χ0v) is 18.1. The molecule has 2 aromatic rings. The molecule has 0 bridgehead atoms. The minimum Gasteiger partial charge on any atom is -0.621 e. The molecular weight excluding hydrogens is 390 g/mol. The van der Waals surface area contributed by atoms with Gasteiger partial charge in [-0.3, -0.25) is 14.9 Å². The molecule has 1 saturated carbocycles. The van der Waals surface area contributed by atoms with E-state index >= 15 is 0 Å². The van der Waals surface area contributed by atoms with Crippen LogP contribution in [0.4, 0.5) is 5.69 Å². The lowest BCUT2D eigenvalue weighted by molar-refractivity contribution is -0.549. The Morgan fingerprint density at radius 1 is 1.10 bits per heavy atom. The van der Waals surface area contributed by atoms with E-state index in [0.29, 0.717) is 17.0 Å². The van der Waals surface area contributed by atoms with Crippen LogP contribution in [0.1, 0.15) is 56.6 Å². The highest BCUT2D eigenvalue weighted by Gasteiger charge is 2.59. The number of para-hydroxylation sites is 1. The van der Waals surface area contributed by atoms with Gasteiger partial charge >= 0.3 is 11.6 Å². The summed E-state index contributed by atoms with van der Waals surface area (Å²) in [6.45, 7) is 1.74.